The minimum Gasteiger partial charge on any atom is -0.550 e. The van der Waals surface area contributed by atoms with Crippen molar-refractivity contribution in [3.8, 4) is 0 Å². The molecular formula is C27H49NO6. The third kappa shape index (κ3) is 20.7. The molecule has 0 heterocycles. The zero-order valence-corrected chi connectivity index (χ0v) is 21.5. The molecule has 0 aromatic heterocycles. The number of carbonyl (C=O) groups excluding carboxylic acids is 1. The average molecular weight is 484 g/mol. The van der Waals surface area contributed by atoms with E-state index in [-0.39, 0.29) is 19.3 Å². The van der Waals surface area contributed by atoms with Gasteiger partial charge in [-0.1, -0.05) is 51.9 Å². The Morgan fingerprint density at radius 2 is 1.09 bits per heavy atom. The SMILES string of the molecule is CCCCCCCCCC/C=C/[N+](CCCCC(=O)[O-])(CCCCC(=O)O)CCCCC(=O)O. The molecule has 0 rings (SSSR count). The lowest BCUT2D eigenvalue weighted by atomic mass is 10.1. The first kappa shape index (κ1) is 32.1. The van der Waals surface area contributed by atoms with Crippen LogP contribution in [-0.2, 0) is 14.4 Å². The maximum atomic E-state index is 10.9. The predicted molar refractivity (Wildman–Crippen MR) is 133 cm³/mol. The molecule has 0 amide bonds. The molecule has 0 aromatic carbocycles. The van der Waals surface area contributed by atoms with E-state index in [1.165, 1.54) is 44.9 Å². The summed E-state index contributed by atoms with van der Waals surface area (Å²) >= 11 is 0. The van der Waals surface area contributed by atoms with Gasteiger partial charge < -0.3 is 20.1 Å². The number of carbonyl (C=O) groups is 3. The molecule has 0 saturated carbocycles. The Morgan fingerprint density at radius 1 is 0.647 bits per heavy atom. The summed E-state index contributed by atoms with van der Waals surface area (Å²) in [5.74, 6) is -2.62. The van der Waals surface area contributed by atoms with E-state index in [1.54, 1.807) is 0 Å². The highest BCUT2D eigenvalue weighted by Crippen LogP contribution is 2.19. The third-order valence-electron chi connectivity index (χ3n) is 6.37. The number of carboxylic acids is 3. The van der Waals surface area contributed by atoms with Gasteiger partial charge in [0.15, 0.2) is 0 Å². The number of quaternary nitrogens is 1. The number of hydrogen-bond acceptors (Lipinski definition) is 4. The molecule has 0 aliphatic carbocycles. The smallest absolute Gasteiger partial charge is 0.303 e. The molecule has 0 aliphatic rings. The lowest BCUT2D eigenvalue weighted by Crippen LogP contribution is -2.45. The lowest BCUT2D eigenvalue weighted by Gasteiger charge is -2.35. The van der Waals surface area contributed by atoms with E-state index in [1.807, 2.05) is 0 Å². The second-order valence-electron chi connectivity index (χ2n) is 9.57. The van der Waals surface area contributed by atoms with Crippen molar-refractivity contribution < 1.29 is 34.2 Å². The fraction of sp³-hybridized carbons (Fsp3) is 0.815. The highest BCUT2D eigenvalue weighted by molar-refractivity contribution is 5.66. The van der Waals surface area contributed by atoms with Gasteiger partial charge in [0, 0.05) is 18.8 Å². The van der Waals surface area contributed by atoms with Crippen LogP contribution in [0.25, 0.3) is 0 Å². The van der Waals surface area contributed by atoms with Crippen LogP contribution in [0.3, 0.4) is 0 Å². The largest absolute Gasteiger partial charge is 0.550 e. The van der Waals surface area contributed by atoms with E-state index >= 15 is 0 Å². The highest BCUT2D eigenvalue weighted by atomic mass is 16.4. The Bertz CT molecular complexity index is 520. The van der Waals surface area contributed by atoms with Gasteiger partial charge >= 0.3 is 11.9 Å². The molecule has 0 aliphatic heterocycles. The molecule has 198 valence electrons. The van der Waals surface area contributed by atoms with Crippen molar-refractivity contribution in [2.75, 3.05) is 19.6 Å². The second kappa shape index (κ2) is 21.6. The normalized spacial score (nSPS) is 11.8. The van der Waals surface area contributed by atoms with Gasteiger partial charge in [-0.05, 0) is 63.9 Å². The van der Waals surface area contributed by atoms with Crippen molar-refractivity contribution in [2.24, 2.45) is 0 Å². The molecule has 0 fully saturated rings. The summed E-state index contributed by atoms with van der Waals surface area (Å²) in [6.07, 6.45) is 20.0. The highest BCUT2D eigenvalue weighted by Gasteiger charge is 2.24. The van der Waals surface area contributed by atoms with Gasteiger partial charge in [0.1, 0.15) is 0 Å². The molecule has 0 spiro atoms. The van der Waals surface area contributed by atoms with Crippen LogP contribution in [0.5, 0.6) is 0 Å². The van der Waals surface area contributed by atoms with Crippen LogP contribution >= 0.6 is 0 Å². The molecule has 0 bridgehead atoms. The van der Waals surface area contributed by atoms with E-state index in [4.69, 9.17) is 10.2 Å². The molecule has 7 nitrogen and oxygen atoms in total. The number of allylic oxidation sites excluding steroid dienone is 1. The Kier molecular flexibility index (Phi) is 20.4. The van der Waals surface area contributed by atoms with E-state index in [0.717, 1.165) is 51.7 Å². The summed E-state index contributed by atoms with van der Waals surface area (Å²) < 4.78 is 0.670. The van der Waals surface area contributed by atoms with E-state index < -0.39 is 17.9 Å². The van der Waals surface area contributed by atoms with Gasteiger partial charge in [-0.25, -0.2) is 0 Å². The third-order valence-corrected chi connectivity index (χ3v) is 6.37. The molecule has 0 saturated heterocycles. The van der Waals surface area contributed by atoms with Crippen LogP contribution in [0.15, 0.2) is 12.3 Å². The zero-order valence-electron chi connectivity index (χ0n) is 21.5. The Balaban J connectivity index is 4.88. The van der Waals surface area contributed by atoms with Crippen LogP contribution in [0.4, 0.5) is 0 Å². The molecule has 0 aromatic rings. The Hall–Kier alpha value is -1.89. The minimum absolute atomic E-state index is 0.0417. The summed E-state index contributed by atoms with van der Waals surface area (Å²) in [4.78, 5) is 32.6. The number of carboxylic acid groups (broad SMARTS) is 3. The number of nitrogens with zero attached hydrogens (tertiary/aromatic N) is 1. The topological polar surface area (TPSA) is 115 Å². The van der Waals surface area contributed by atoms with E-state index in [0.29, 0.717) is 23.7 Å². The molecule has 7 heteroatoms. The second-order valence-corrected chi connectivity index (χ2v) is 9.57. The summed E-state index contributed by atoms with van der Waals surface area (Å²) in [6, 6.07) is 0. The molecule has 0 atom stereocenters. The van der Waals surface area contributed by atoms with Gasteiger partial charge in [0.05, 0.1) is 25.8 Å². The fourth-order valence-electron chi connectivity index (χ4n) is 4.36. The van der Waals surface area contributed by atoms with Crippen LogP contribution in [0.2, 0.25) is 0 Å². The van der Waals surface area contributed by atoms with Gasteiger partial charge in [-0.15, -0.1) is 0 Å². The van der Waals surface area contributed by atoms with E-state index in [9.17, 15) is 19.5 Å². The number of rotatable bonds is 25. The van der Waals surface area contributed by atoms with Crippen molar-refractivity contribution >= 4 is 17.9 Å². The van der Waals surface area contributed by atoms with Crippen LogP contribution in [-0.4, -0.2) is 52.2 Å². The Morgan fingerprint density at radius 3 is 1.53 bits per heavy atom. The molecular weight excluding hydrogens is 434 g/mol. The van der Waals surface area contributed by atoms with Crippen LogP contribution in [0.1, 0.15) is 122 Å². The first-order valence-electron chi connectivity index (χ1n) is 13.5. The first-order valence-corrected chi connectivity index (χ1v) is 13.5. The predicted octanol–water partition coefficient (Wildman–Crippen LogP) is 5.28. The number of unbranched alkanes of at least 4 members (excludes halogenated alkanes) is 11. The van der Waals surface area contributed by atoms with Crippen molar-refractivity contribution in [2.45, 2.75) is 122 Å². The van der Waals surface area contributed by atoms with Gasteiger partial charge in [-0.3, -0.25) is 14.1 Å². The first-order chi connectivity index (χ1) is 16.3. The maximum Gasteiger partial charge on any atom is 0.303 e. The van der Waals surface area contributed by atoms with Gasteiger partial charge in [0.25, 0.3) is 0 Å². The summed E-state index contributed by atoms with van der Waals surface area (Å²) in [7, 11) is 0. The fourth-order valence-corrected chi connectivity index (χ4v) is 4.36. The number of hydrogen-bond donors (Lipinski definition) is 2. The zero-order chi connectivity index (χ0) is 25.5. The van der Waals surface area contributed by atoms with Crippen molar-refractivity contribution in [3.63, 3.8) is 0 Å². The molecule has 34 heavy (non-hydrogen) atoms. The van der Waals surface area contributed by atoms with E-state index in [2.05, 4.69) is 19.2 Å². The standard InChI is InChI=1S/C27H49NO6/c1-2-3-4-5-6-7-8-9-10-14-21-28(22-15-11-18-25(29)30,23-16-12-19-26(31)32)24-17-13-20-27(33)34/h14,21H,2-13,15-20,22-24H2,1H3,(H2-,29,30,31,32,33,34)/b21-14+. The summed E-state index contributed by atoms with van der Waals surface area (Å²) in [5, 5.41) is 28.7. The molecule has 0 unspecified atom stereocenters. The quantitative estimate of drug-likeness (QED) is 0.135. The van der Waals surface area contributed by atoms with Crippen molar-refractivity contribution in [1.29, 1.82) is 0 Å². The molecule has 2 N–H and O–H groups in total. The maximum absolute atomic E-state index is 10.9. The summed E-state index contributed by atoms with van der Waals surface area (Å²) in [6.45, 7) is 4.59. The van der Waals surface area contributed by atoms with Gasteiger partial charge in [-0.2, -0.15) is 0 Å². The summed E-state index contributed by atoms with van der Waals surface area (Å²) in [5.41, 5.74) is 0. The number of aliphatic carboxylic acids is 3. The van der Waals surface area contributed by atoms with Crippen molar-refractivity contribution in [1.82, 2.24) is 0 Å². The average Bonchev–Trinajstić information content (AvgIpc) is 2.78. The molecule has 0 radical (unpaired) electrons. The van der Waals surface area contributed by atoms with Crippen molar-refractivity contribution in [3.05, 3.63) is 12.3 Å². The van der Waals surface area contributed by atoms with Gasteiger partial charge in [0.2, 0.25) is 0 Å². The monoisotopic (exact) mass is 483 g/mol. The Labute approximate surface area is 206 Å². The minimum atomic E-state index is -1.04. The lowest BCUT2D eigenvalue weighted by molar-refractivity contribution is -0.880. The van der Waals surface area contributed by atoms with Crippen LogP contribution in [0, 0.1) is 0 Å². The van der Waals surface area contributed by atoms with Crippen LogP contribution < -0.4 is 5.11 Å².